The third kappa shape index (κ3) is 4.89. The summed E-state index contributed by atoms with van der Waals surface area (Å²) in [5, 5.41) is 8.45. The number of carbonyl (C=O) groups is 2. The maximum atomic E-state index is 13.4. The third-order valence-electron chi connectivity index (χ3n) is 4.11. The monoisotopic (exact) mass is 412 g/mol. The van der Waals surface area contributed by atoms with Crippen LogP contribution in [0.2, 0.25) is 0 Å². The van der Waals surface area contributed by atoms with Crippen molar-refractivity contribution in [2.75, 3.05) is 4.90 Å². The van der Waals surface area contributed by atoms with Crippen LogP contribution in [0.3, 0.4) is 0 Å². The molecule has 1 N–H and O–H groups in total. The molecule has 0 aliphatic carbocycles. The first-order valence-corrected chi connectivity index (χ1v) is 10.0. The average Bonchev–Trinajstić information content (AvgIpc) is 3.29. The van der Waals surface area contributed by atoms with E-state index in [1.54, 1.807) is 30.5 Å². The topological polar surface area (TPSA) is 88.3 Å². The number of nitrogens with one attached hydrogen (secondary N) is 1. The fourth-order valence-corrected chi connectivity index (χ4v) is 3.38. The minimum absolute atomic E-state index is 0.174. The summed E-state index contributed by atoms with van der Waals surface area (Å²) in [4.78, 5) is 28.2. The van der Waals surface area contributed by atoms with Crippen molar-refractivity contribution >= 4 is 29.0 Å². The molecule has 0 bridgehead atoms. The van der Waals surface area contributed by atoms with E-state index in [-0.39, 0.29) is 11.6 Å². The Balaban J connectivity index is 2.16. The maximum Gasteiger partial charge on any atom is 0.280 e. The molecule has 0 radical (unpaired) electrons. The van der Waals surface area contributed by atoms with E-state index in [2.05, 4.69) is 14.9 Å². The summed E-state index contributed by atoms with van der Waals surface area (Å²) < 4.78 is 9.59. The van der Waals surface area contributed by atoms with Crippen molar-refractivity contribution < 1.29 is 14.0 Å². The van der Waals surface area contributed by atoms with Gasteiger partial charge in [-0.1, -0.05) is 16.6 Å². The van der Waals surface area contributed by atoms with E-state index >= 15 is 0 Å². The van der Waals surface area contributed by atoms with Gasteiger partial charge >= 0.3 is 0 Å². The Labute approximate surface area is 173 Å². The fraction of sp³-hybridized carbons (Fsp3) is 0.333. The second-order valence-corrected chi connectivity index (χ2v) is 8.50. The Bertz CT molecular complexity index is 1010. The van der Waals surface area contributed by atoms with Gasteiger partial charge in [0.15, 0.2) is 11.7 Å². The van der Waals surface area contributed by atoms with E-state index in [0.717, 1.165) is 17.1 Å². The number of nitrogens with zero attached hydrogens (tertiary/aromatic N) is 3. The second kappa shape index (κ2) is 8.16. The first-order valence-electron chi connectivity index (χ1n) is 9.21. The molecular formula is C21H24N4O3S. The Kier molecular flexibility index (Phi) is 5.83. The molecule has 3 rings (SSSR count). The molecule has 3 aromatic rings. The van der Waals surface area contributed by atoms with E-state index in [0.29, 0.717) is 17.2 Å². The Morgan fingerprint density at radius 1 is 1.17 bits per heavy atom. The van der Waals surface area contributed by atoms with E-state index in [1.165, 1.54) is 4.90 Å². The number of hydrogen-bond donors (Lipinski definition) is 1. The SMILES string of the molecule is Cc1cccc(N(C(=O)c2csnn2)[C@@H](C(=O)NC(C)(C)C)c2ccc(C)o2)c1. The van der Waals surface area contributed by atoms with Crippen LogP contribution in [0.25, 0.3) is 0 Å². The van der Waals surface area contributed by atoms with Crippen LogP contribution in [0, 0.1) is 13.8 Å². The first kappa shape index (κ1) is 20.7. The van der Waals surface area contributed by atoms with Crippen LogP contribution in [0.15, 0.2) is 46.2 Å². The lowest BCUT2D eigenvalue weighted by Gasteiger charge is -2.32. The van der Waals surface area contributed by atoms with Gasteiger partial charge < -0.3 is 9.73 Å². The number of benzene rings is 1. The van der Waals surface area contributed by atoms with E-state index in [9.17, 15) is 9.59 Å². The molecule has 0 saturated carbocycles. The van der Waals surface area contributed by atoms with Gasteiger partial charge in [0.05, 0.1) is 0 Å². The molecule has 152 valence electrons. The molecule has 7 nitrogen and oxygen atoms in total. The number of aromatic nitrogens is 2. The molecule has 1 aromatic carbocycles. The molecule has 1 atom stereocenters. The van der Waals surface area contributed by atoms with Gasteiger partial charge in [0.2, 0.25) is 0 Å². The van der Waals surface area contributed by atoms with Crippen LogP contribution in [-0.4, -0.2) is 26.9 Å². The summed E-state index contributed by atoms with van der Waals surface area (Å²) in [6.07, 6.45) is 0. The molecule has 0 fully saturated rings. The van der Waals surface area contributed by atoms with Crippen LogP contribution in [0.4, 0.5) is 5.69 Å². The number of hydrogen-bond acceptors (Lipinski definition) is 6. The lowest BCUT2D eigenvalue weighted by molar-refractivity contribution is -0.124. The molecule has 0 unspecified atom stereocenters. The Morgan fingerprint density at radius 2 is 1.93 bits per heavy atom. The summed E-state index contributed by atoms with van der Waals surface area (Å²) in [6.45, 7) is 9.39. The zero-order chi connectivity index (χ0) is 21.2. The third-order valence-corrected chi connectivity index (χ3v) is 4.62. The van der Waals surface area contributed by atoms with Crippen LogP contribution in [0.1, 0.15) is 54.4 Å². The highest BCUT2D eigenvalue weighted by Crippen LogP contribution is 2.31. The van der Waals surface area contributed by atoms with Crippen molar-refractivity contribution in [3.8, 4) is 0 Å². The first-order chi connectivity index (χ1) is 13.7. The number of anilines is 1. The molecule has 2 aromatic heterocycles. The summed E-state index contributed by atoms with van der Waals surface area (Å²) in [7, 11) is 0. The summed E-state index contributed by atoms with van der Waals surface area (Å²) in [5.41, 5.74) is 1.22. The van der Waals surface area contributed by atoms with Gasteiger partial charge in [-0.2, -0.15) is 0 Å². The molecule has 29 heavy (non-hydrogen) atoms. The van der Waals surface area contributed by atoms with Crippen LogP contribution in [0.5, 0.6) is 0 Å². The van der Waals surface area contributed by atoms with Crippen molar-refractivity contribution in [1.82, 2.24) is 14.9 Å². The number of carbonyl (C=O) groups excluding carboxylic acids is 2. The summed E-state index contributed by atoms with van der Waals surface area (Å²) >= 11 is 1.08. The van der Waals surface area contributed by atoms with Crippen molar-refractivity contribution in [3.05, 3.63) is 64.6 Å². The van der Waals surface area contributed by atoms with Gasteiger partial charge in [-0.3, -0.25) is 14.5 Å². The second-order valence-electron chi connectivity index (χ2n) is 7.89. The highest BCUT2D eigenvalue weighted by molar-refractivity contribution is 7.03. The summed E-state index contributed by atoms with van der Waals surface area (Å²) in [6, 6.07) is 9.91. The number of furan rings is 1. The highest BCUT2D eigenvalue weighted by atomic mass is 32.1. The van der Waals surface area contributed by atoms with Gasteiger partial charge in [-0.05, 0) is 76.0 Å². The zero-order valence-electron chi connectivity index (χ0n) is 17.1. The van der Waals surface area contributed by atoms with Crippen LogP contribution in [-0.2, 0) is 4.79 Å². The minimum atomic E-state index is -1.00. The maximum absolute atomic E-state index is 13.4. The molecular weight excluding hydrogens is 388 g/mol. The summed E-state index contributed by atoms with van der Waals surface area (Å²) in [5.74, 6) is 0.264. The Morgan fingerprint density at radius 3 is 2.48 bits per heavy atom. The molecule has 2 heterocycles. The number of amides is 2. The van der Waals surface area contributed by atoms with Gasteiger partial charge in [0, 0.05) is 16.6 Å². The van der Waals surface area contributed by atoms with Gasteiger partial charge in [-0.15, -0.1) is 5.10 Å². The van der Waals surface area contributed by atoms with Crippen molar-refractivity contribution in [1.29, 1.82) is 0 Å². The predicted octanol–water partition coefficient (Wildman–Crippen LogP) is 4.05. The predicted molar refractivity (Wildman–Crippen MR) is 112 cm³/mol. The van der Waals surface area contributed by atoms with E-state index in [4.69, 9.17) is 4.42 Å². The molecule has 0 spiro atoms. The average molecular weight is 413 g/mol. The standard InChI is InChI=1S/C21H24N4O3S/c1-13-7-6-8-15(11-13)25(20(27)16-12-29-24-23-16)18(17-10-9-14(2)28-17)19(26)22-21(3,4)5/h6-12,18H,1-5H3,(H,22,26)/t18-/m1/s1. The fourth-order valence-electron chi connectivity index (χ4n) is 2.95. The molecule has 2 amide bonds. The van der Waals surface area contributed by atoms with Crippen molar-refractivity contribution in [2.24, 2.45) is 0 Å². The lowest BCUT2D eigenvalue weighted by Crippen LogP contribution is -2.49. The molecule has 0 aliphatic rings. The van der Waals surface area contributed by atoms with Crippen molar-refractivity contribution in [3.63, 3.8) is 0 Å². The van der Waals surface area contributed by atoms with Gasteiger partial charge in [-0.25, -0.2) is 0 Å². The number of rotatable bonds is 5. The highest BCUT2D eigenvalue weighted by Gasteiger charge is 2.37. The zero-order valence-corrected chi connectivity index (χ0v) is 17.9. The normalized spacial score (nSPS) is 12.4. The van der Waals surface area contributed by atoms with Gasteiger partial charge in [0.25, 0.3) is 11.8 Å². The minimum Gasteiger partial charge on any atom is -0.464 e. The van der Waals surface area contributed by atoms with E-state index < -0.39 is 17.5 Å². The largest absolute Gasteiger partial charge is 0.464 e. The molecule has 0 saturated heterocycles. The lowest BCUT2D eigenvalue weighted by atomic mass is 10.0. The van der Waals surface area contributed by atoms with E-state index in [1.807, 2.05) is 45.9 Å². The number of aryl methyl sites for hydroxylation is 2. The Hall–Kier alpha value is -3.00. The van der Waals surface area contributed by atoms with Gasteiger partial charge in [0.1, 0.15) is 11.5 Å². The quantitative estimate of drug-likeness (QED) is 0.683. The van der Waals surface area contributed by atoms with Crippen LogP contribution >= 0.6 is 11.5 Å². The van der Waals surface area contributed by atoms with Crippen molar-refractivity contribution in [2.45, 2.75) is 46.2 Å². The molecule has 0 aliphatic heterocycles. The van der Waals surface area contributed by atoms with Crippen LogP contribution < -0.4 is 10.2 Å². The smallest absolute Gasteiger partial charge is 0.280 e. The molecule has 8 heteroatoms.